The Morgan fingerprint density at radius 3 is 2.55 bits per heavy atom. The van der Waals surface area contributed by atoms with E-state index in [9.17, 15) is 10.1 Å². The molecule has 33 heavy (non-hydrogen) atoms. The molecule has 2 aromatic carbocycles. The SMILES string of the molecule is COCCC(=O)Nc1cn2ncc(C#N)c(Nc3ccc(Oc4ccccc4)cc3)c2c1C. The van der Waals surface area contributed by atoms with Crippen molar-refractivity contribution in [3.05, 3.63) is 78.1 Å². The van der Waals surface area contributed by atoms with Crippen LogP contribution in [0.2, 0.25) is 0 Å². The molecule has 0 spiro atoms. The number of nitrogens with zero attached hydrogens (tertiary/aromatic N) is 3. The molecule has 8 heteroatoms. The minimum absolute atomic E-state index is 0.153. The smallest absolute Gasteiger partial charge is 0.226 e. The van der Waals surface area contributed by atoms with Gasteiger partial charge in [0.25, 0.3) is 0 Å². The first-order valence-corrected chi connectivity index (χ1v) is 10.4. The molecule has 4 aromatic rings. The molecular formula is C25H23N5O3. The van der Waals surface area contributed by atoms with Gasteiger partial charge in [-0.1, -0.05) is 18.2 Å². The van der Waals surface area contributed by atoms with Crippen molar-refractivity contribution >= 4 is 28.5 Å². The topological polar surface area (TPSA) is 101 Å². The zero-order valence-corrected chi connectivity index (χ0v) is 18.3. The number of hydrogen-bond donors (Lipinski definition) is 2. The first-order chi connectivity index (χ1) is 16.1. The van der Waals surface area contributed by atoms with E-state index in [1.165, 1.54) is 6.20 Å². The molecule has 0 aliphatic rings. The maximum Gasteiger partial charge on any atom is 0.226 e. The van der Waals surface area contributed by atoms with E-state index in [1.54, 1.807) is 17.8 Å². The van der Waals surface area contributed by atoms with Gasteiger partial charge >= 0.3 is 0 Å². The van der Waals surface area contributed by atoms with Crippen LogP contribution in [0.25, 0.3) is 5.52 Å². The second-order valence-corrected chi connectivity index (χ2v) is 7.36. The van der Waals surface area contributed by atoms with E-state index in [1.807, 2.05) is 61.5 Å². The molecule has 1 amide bonds. The van der Waals surface area contributed by atoms with Crippen LogP contribution in [0, 0.1) is 18.3 Å². The summed E-state index contributed by atoms with van der Waals surface area (Å²) < 4.78 is 12.5. The van der Waals surface area contributed by atoms with Crippen LogP contribution < -0.4 is 15.4 Å². The lowest BCUT2D eigenvalue weighted by Crippen LogP contribution is -2.13. The summed E-state index contributed by atoms with van der Waals surface area (Å²) in [7, 11) is 1.55. The van der Waals surface area contributed by atoms with E-state index in [0.29, 0.717) is 34.8 Å². The summed E-state index contributed by atoms with van der Waals surface area (Å²) >= 11 is 0. The fourth-order valence-electron chi connectivity index (χ4n) is 3.41. The zero-order chi connectivity index (χ0) is 23.2. The molecule has 0 aliphatic carbocycles. The first kappa shape index (κ1) is 21.9. The predicted octanol–water partition coefficient (Wildman–Crippen LogP) is 5.03. The summed E-state index contributed by atoms with van der Waals surface area (Å²) in [5, 5.41) is 20.2. The quantitative estimate of drug-likeness (QED) is 0.398. The molecule has 0 saturated heterocycles. The number of amides is 1. The standard InChI is InChI=1S/C25H23N5O3/c1-17-22(29-23(31)12-13-32-2)16-30-25(17)24(18(14-26)15-27-30)28-19-8-10-21(11-9-19)33-20-6-4-3-5-7-20/h3-11,15-16,28H,12-13H2,1-2H3,(H,29,31). The van der Waals surface area contributed by atoms with E-state index in [4.69, 9.17) is 9.47 Å². The normalized spacial score (nSPS) is 10.6. The van der Waals surface area contributed by atoms with Crippen LogP contribution in [0.3, 0.4) is 0 Å². The maximum absolute atomic E-state index is 12.2. The van der Waals surface area contributed by atoms with Crippen LogP contribution in [0.5, 0.6) is 11.5 Å². The number of nitriles is 1. The van der Waals surface area contributed by atoms with Crippen LogP contribution >= 0.6 is 0 Å². The third-order valence-electron chi connectivity index (χ3n) is 5.09. The van der Waals surface area contributed by atoms with Gasteiger partial charge in [-0.15, -0.1) is 0 Å². The summed E-state index contributed by atoms with van der Waals surface area (Å²) in [6.45, 7) is 2.22. The second-order valence-electron chi connectivity index (χ2n) is 7.36. The van der Waals surface area contributed by atoms with E-state index < -0.39 is 0 Å². The molecule has 0 saturated carbocycles. The molecule has 4 rings (SSSR count). The highest BCUT2D eigenvalue weighted by Gasteiger charge is 2.17. The number of fused-ring (bicyclic) bond motifs is 1. The largest absolute Gasteiger partial charge is 0.457 e. The summed E-state index contributed by atoms with van der Waals surface area (Å²) in [5.41, 5.74) is 3.93. The molecule has 2 heterocycles. The van der Waals surface area contributed by atoms with Gasteiger partial charge in [0, 0.05) is 18.4 Å². The Morgan fingerprint density at radius 1 is 1.12 bits per heavy atom. The Balaban J connectivity index is 1.61. The molecule has 2 aromatic heterocycles. The number of aryl methyl sites for hydroxylation is 1. The van der Waals surface area contributed by atoms with E-state index in [0.717, 1.165) is 17.0 Å². The van der Waals surface area contributed by atoms with Crippen LogP contribution in [0.4, 0.5) is 17.1 Å². The Labute approximate surface area is 191 Å². The monoisotopic (exact) mass is 441 g/mol. The molecule has 166 valence electrons. The Morgan fingerprint density at radius 2 is 1.85 bits per heavy atom. The number of para-hydroxylation sites is 1. The van der Waals surface area contributed by atoms with Gasteiger partial charge in [0.05, 0.1) is 47.9 Å². The van der Waals surface area contributed by atoms with Crippen molar-refractivity contribution in [3.63, 3.8) is 0 Å². The van der Waals surface area contributed by atoms with Crippen molar-refractivity contribution < 1.29 is 14.3 Å². The number of carbonyl (C=O) groups excluding carboxylic acids is 1. The van der Waals surface area contributed by atoms with Crippen molar-refractivity contribution in [2.75, 3.05) is 24.4 Å². The lowest BCUT2D eigenvalue weighted by Gasteiger charge is -2.12. The molecular weight excluding hydrogens is 418 g/mol. The molecule has 0 atom stereocenters. The highest BCUT2D eigenvalue weighted by Crippen LogP contribution is 2.33. The van der Waals surface area contributed by atoms with Crippen LogP contribution in [0.15, 0.2) is 67.0 Å². The summed E-state index contributed by atoms with van der Waals surface area (Å²) in [6, 6.07) is 19.2. The Kier molecular flexibility index (Phi) is 6.53. The average Bonchev–Trinajstić information content (AvgIpc) is 3.15. The Bertz CT molecular complexity index is 1310. The molecule has 2 N–H and O–H groups in total. The predicted molar refractivity (Wildman–Crippen MR) is 126 cm³/mol. The number of carbonyl (C=O) groups is 1. The minimum atomic E-state index is -0.153. The number of hydrogen-bond acceptors (Lipinski definition) is 6. The first-order valence-electron chi connectivity index (χ1n) is 10.4. The lowest BCUT2D eigenvalue weighted by molar-refractivity contribution is -0.117. The summed E-state index contributed by atoms with van der Waals surface area (Å²) in [6.07, 6.45) is 3.48. The molecule has 0 fully saturated rings. The molecule has 0 unspecified atom stereocenters. The fourth-order valence-corrected chi connectivity index (χ4v) is 3.41. The highest BCUT2D eigenvalue weighted by atomic mass is 16.5. The van der Waals surface area contributed by atoms with Gasteiger partial charge in [-0.25, -0.2) is 4.52 Å². The van der Waals surface area contributed by atoms with E-state index >= 15 is 0 Å². The van der Waals surface area contributed by atoms with Gasteiger partial charge in [-0.3, -0.25) is 4.79 Å². The second kappa shape index (κ2) is 9.85. The van der Waals surface area contributed by atoms with E-state index in [2.05, 4.69) is 21.8 Å². The van der Waals surface area contributed by atoms with Crippen molar-refractivity contribution in [2.45, 2.75) is 13.3 Å². The number of methoxy groups -OCH3 is 1. The minimum Gasteiger partial charge on any atom is -0.457 e. The third kappa shape index (κ3) is 4.95. The van der Waals surface area contributed by atoms with Crippen LogP contribution in [-0.2, 0) is 9.53 Å². The van der Waals surface area contributed by atoms with Gasteiger partial charge in [0.15, 0.2) is 0 Å². The number of anilines is 3. The summed E-state index contributed by atoms with van der Waals surface area (Å²) in [4.78, 5) is 12.2. The van der Waals surface area contributed by atoms with Crippen molar-refractivity contribution in [1.29, 1.82) is 5.26 Å². The fraction of sp³-hybridized carbons (Fsp3) is 0.160. The van der Waals surface area contributed by atoms with Gasteiger partial charge in [0.1, 0.15) is 17.6 Å². The third-order valence-corrected chi connectivity index (χ3v) is 5.09. The average molecular weight is 441 g/mol. The Hall–Kier alpha value is -4.35. The number of nitrogens with one attached hydrogen (secondary N) is 2. The summed E-state index contributed by atoms with van der Waals surface area (Å²) in [5.74, 6) is 1.30. The maximum atomic E-state index is 12.2. The van der Waals surface area contributed by atoms with Crippen LogP contribution in [0.1, 0.15) is 17.5 Å². The van der Waals surface area contributed by atoms with Crippen molar-refractivity contribution in [1.82, 2.24) is 9.61 Å². The molecule has 0 bridgehead atoms. The lowest BCUT2D eigenvalue weighted by atomic mass is 10.1. The van der Waals surface area contributed by atoms with Crippen molar-refractivity contribution in [3.8, 4) is 17.6 Å². The van der Waals surface area contributed by atoms with Gasteiger partial charge in [-0.2, -0.15) is 10.4 Å². The molecule has 0 aliphatic heterocycles. The number of benzene rings is 2. The van der Waals surface area contributed by atoms with Gasteiger partial charge in [0.2, 0.25) is 5.91 Å². The van der Waals surface area contributed by atoms with Gasteiger partial charge < -0.3 is 20.1 Å². The zero-order valence-electron chi connectivity index (χ0n) is 18.3. The number of rotatable bonds is 8. The number of ether oxygens (including phenoxy) is 2. The van der Waals surface area contributed by atoms with Crippen LogP contribution in [-0.4, -0.2) is 29.2 Å². The van der Waals surface area contributed by atoms with E-state index in [-0.39, 0.29) is 12.3 Å². The number of aromatic nitrogens is 2. The molecule has 0 radical (unpaired) electrons. The highest BCUT2D eigenvalue weighted by molar-refractivity contribution is 5.95. The molecule has 8 nitrogen and oxygen atoms in total. The van der Waals surface area contributed by atoms with Gasteiger partial charge in [-0.05, 0) is 43.3 Å². The van der Waals surface area contributed by atoms with Crippen molar-refractivity contribution in [2.24, 2.45) is 0 Å².